The molecule has 0 aliphatic carbocycles. The average molecular weight is 415 g/mol. The van der Waals surface area contributed by atoms with Gasteiger partial charge in [-0.3, -0.25) is 9.47 Å². The molecule has 0 saturated carbocycles. The van der Waals surface area contributed by atoms with Crippen LogP contribution in [-0.4, -0.2) is 32.3 Å². The summed E-state index contributed by atoms with van der Waals surface area (Å²) in [5.41, 5.74) is 1.19. The zero-order chi connectivity index (χ0) is 19.3. The van der Waals surface area contributed by atoms with Crippen LogP contribution in [0.1, 0.15) is 24.2 Å². The van der Waals surface area contributed by atoms with Gasteiger partial charge in [0, 0.05) is 5.02 Å². The molecule has 4 rings (SSSR count). The molecule has 0 atom stereocenters. The fraction of sp³-hybridized carbons (Fsp3) is 0.333. The summed E-state index contributed by atoms with van der Waals surface area (Å²) in [7, 11) is 0. The van der Waals surface area contributed by atoms with Gasteiger partial charge in [-0.25, -0.2) is 4.68 Å². The van der Waals surface area contributed by atoms with Gasteiger partial charge in [0.15, 0.2) is 10.6 Å². The van der Waals surface area contributed by atoms with Crippen molar-refractivity contribution in [3.8, 4) is 5.75 Å². The van der Waals surface area contributed by atoms with Gasteiger partial charge >= 0.3 is 0 Å². The van der Waals surface area contributed by atoms with Gasteiger partial charge in [0.1, 0.15) is 12.4 Å². The van der Waals surface area contributed by atoms with Crippen LogP contribution in [-0.2, 0) is 19.8 Å². The number of halogens is 1. The van der Waals surface area contributed by atoms with E-state index >= 15 is 0 Å². The largest absolute Gasteiger partial charge is 0.486 e. The molecule has 1 saturated heterocycles. The van der Waals surface area contributed by atoms with Gasteiger partial charge in [-0.05, 0) is 68.0 Å². The van der Waals surface area contributed by atoms with Gasteiger partial charge in [0.2, 0.25) is 0 Å². The maximum absolute atomic E-state index is 5.96. The Hall–Kier alpha value is -2.15. The first kappa shape index (κ1) is 19.2. The first-order chi connectivity index (χ1) is 13.7. The molecule has 0 radical (unpaired) electrons. The molecule has 0 N–H and O–H groups in total. The van der Waals surface area contributed by atoms with Gasteiger partial charge in [0.05, 0.1) is 13.2 Å². The minimum atomic E-state index is 0.352. The number of hydrogen-bond acceptors (Lipinski definition) is 4. The van der Waals surface area contributed by atoms with Crippen molar-refractivity contribution in [3.63, 3.8) is 0 Å². The number of aromatic nitrogens is 3. The van der Waals surface area contributed by atoms with E-state index in [0.29, 0.717) is 18.2 Å². The second-order valence-corrected chi connectivity index (χ2v) is 7.78. The fourth-order valence-corrected chi connectivity index (χ4v) is 3.80. The van der Waals surface area contributed by atoms with Crippen LogP contribution in [0.2, 0.25) is 5.02 Å². The lowest BCUT2D eigenvalue weighted by Crippen LogP contribution is -2.23. The Kier molecular flexibility index (Phi) is 6.10. The first-order valence-corrected chi connectivity index (χ1v) is 10.3. The molecule has 0 unspecified atom stereocenters. The lowest BCUT2D eigenvalue weighted by molar-refractivity contribution is 0.249. The standard InChI is InChI=1S/C21H23ClN4OS/c22-18-8-10-19(11-9-18)27-15-20-23-26(16-24-12-4-5-13-24)21(28)25(20)14-17-6-2-1-3-7-17/h1-3,6-11H,4-5,12-16H2. The van der Waals surface area contributed by atoms with Crippen molar-refractivity contribution in [3.05, 3.63) is 75.8 Å². The summed E-state index contributed by atoms with van der Waals surface area (Å²) in [6, 6.07) is 17.7. The Labute approximate surface area is 175 Å². The fourth-order valence-electron chi connectivity index (χ4n) is 3.40. The highest BCUT2D eigenvalue weighted by Crippen LogP contribution is 2.18. The van der Waals surface area contributed by atoms with Crippen LogP contribution in [0.3, 0.4) is 0 Å². The molecule has 0 spiro atoms. The number of nitrogens with zero attached hydrogens (tertiary/aromatic N) is 4. The van der Waals surface area contributed by atoms with E-state index < -0.39 is 0 Å². The van der Waals surface area contributed by atoms with E-state index in [-0.39, 0.29) is 0 Å². The molecular formula is C21H23ClN4OS. The summed E-state index contributed by atoms with van der Waals surface area (Å²) in [6.45, 7) is 3.96. The summed E-state index contributed by atoms with van der Waals surface area (Å²) in [5, 5.41) is 5.47. The van der Waals surface area contributed by atoms with E-state index in [1.807, 2.05) is 47.1 Å². The van der Waals surface area contributed by atoms with Crippen molar-refractivity contribution in [1.29, 1.82) is 0 Å². The van der Waals surface area contributed by atoms with E-state index in [9.17, 15) is 0 Å². The lowest BCUT2D eigenvalue weighted by atomic mass is 10.2. The first-order valence-electron chi connectivity index (χ1n) is 9.50. The molecule has 5 nitrogen and oxygen atoms in total. The minimum absolute atomic E-state index is 0.352. The maximum atomic E-state index is 5.96. The predicted octanol–water partition coefficient (Wildman–Crippen LogP) is 4.75. The van der Waals surface area contributed by atoms with Crippen LogP contribution in [0.15, 0.2) is 54.6 Å². The number of rotatable bonds is 7. The molecule has 1 aromatic heterocycles. The third-order valence-corrected chi connectivity index (χ3v) is 5.58. The Morgan fingerprint density at radius 1 is 1.00 bits per heavy atom. The van der Waals surface area contributed by atoms with Crippen molar-refractivity contribution in [2.75, 3.05) is 13.1 Å². The molecule has 0 bridgehead atoms. The topological polar surface area (TPSA) is 35.2 Å². The molecule has 146 valence electrons. The van der Waals surface area contributed by atoms with Crippen molar-refractivity contribution >= 4 is 23.8 Å². The zero-order valence-electron chi connectivity index (χ0n) is 15.6. The summed E-state index contributed by atoms with van der Waals surface area (Å²) in [6.07, 6.45) is 2.48. The third kappa shape index (κ3) is 4.63. The summed E-state index contributed by atoms with van der Waals surface area (Å²) >= 11 is 11.7. The van der Waals surface area contributed by atoms with E-state index in [0.717, 1.165) is 36.1 Å². The normalized spacial score (nSPS) is 14.5. The van der Waals surface area contributed by atoms with Gasteiger partial charge in [-0.2, -0.15) is 5.10 Å². The molecule has 1 fully saturated rings. The molecule has 1 aliphatic heterocycles. The van der Waals surface area contributed by atoms with Gasteiger partial charge in [-0.15, -0.1) is 0 Å². The zero-order valence-corrected chi connectivity index (χ0v) is 17.2. The number of benzene rings is 2. The highest BCUT2D eigenvalue weighted by molar-refractivity contribution is 7.71. The van der Waals surface area contributed by atoms with E-state index in [4.69, 9.17) is 33.7 Å². The molecule has 7 heteroatoms. The second-order valence-electron chi connectivity index (χ2n) is 6.98. The number of ether oxygens (including phenoxy) is 1. The maximum Gasteiger partial charge on any atom is 0.199 e. The van der Waals surface area contributed by atoms with E-state index in [1.54, 1.807) is 0 Å². The minimum Gasteiger partial charge on any atom is -0.486 e. The van der Waals surface area contributed by atoms with Crippen molar-refractivity contribution in [2.45, 2.75) is 32.7 Å². The Bertz CT molecular complexity index is 962. The summed E-state index contributed by atoms with van der Waals surface area (Å²) in [4.78, 5) is 2.39. The number of likely N-dealkylation sites (tertiary alicyclic amines) is 1. The predicted molar refractivity (Wildman–Crippen MR) is 113 cm³/mol. The Morgan fingerprint density at radius 3 is 2.43 bits per heavy atom. The highest BCUT2D eigenvalue weighted by atomic mass is 35.5. The SMILES string of the molecule is S=c1n(CN2CCCC2)nc(COc2ccc(Cl)cc2)n1Cc1ccccc1. The smallest absolute Gasteiger partial charge is 0.199 e. The van der Waals surface area contributed by atoms with Crippen LogP contribution in [0.25, 0.3) is 0 Å². The molecule has 3 aromatic rings. The van der Waals surface area contributed by atoms with Crippen molar-refractivity contribution in [1.82, 2.24) is 19.2 Å². The van der Waals surface area contributed by atoms with Crippen LogP contribution >= 0.6 is 23.8 Å². The molecule has 0 amide bonds. The molecule has 28 heavy (non-hydrogen) atoms. The van der Waals surface area contributed by atoms with Gasteiger partial charge in [-0.1, -0.05) is 41.9 Å². The van der Waals surface area contributed by atoms with Crippen LogP contribution in [0.5, 0.6) is 5.75 Å². The quantitative estimate of drug-likeness (QED) is 0.523. The highest BCUT2D eigenvalue weighted by Gasteiger charge is 2.17. The Balaban J connectivity index is 1.58. The third-order valence-electron chi connectivity index (χ3n) is 4.90. The van der Waals surface area contributed by atoms with Crippen LogP contribution < -0.4 is 4.74 Å². The average Bonchev–Trinajstić information content (AvgIpc) is 3.32. The molecular weight excluding hydrogens is 392 g/mol. The number of hydrogen-bond donors (Lipinski definition) is 0. The summed E-state index contributed by atoms with van der Waals surface area (Å²) < 4.78 is 10.7. The van der Waals surface area contributed by atoms with Gasteiger partial charge in [0.25, 0.3) is 0 Å². The Morgan fingerprint density at radius 2 is 1.71 bits per heavy atom. The van der Waals surface area contributed by atoms with Crippen molar-refractivity contribution < 1.29 is 4.74 Å². The lowest BCUT2D eigenvalue weighted by Gasteiger charge is -2.13. The van der Waals surface area contributed by atoms with E-state index in [1.165, 1.54) is 18.4 Å². The molecule has 1 aliphatic rings. The summed E-state index contributed by atoms with van der Waals surface area (Å²) in [5.74, 6) is 1.58. The molecule has 2 heterocycles. The van der Waals surface area contributed by atoms with Crippen molar-refractivity contribution in [2.24, 2.45) is 0 Å². The second kappa shape index (κ2) is 8.90. The van der Waals surface area contributed by atoms with Crippen LogP contribution in [0.4, 0.5) is 0 Å². The monoisotopic (exact) mass is 414 g/mol. The van der Waals surface area contributed by atoms with Gasteiger partial charge < -0.3 is 4.74 Å². The molecule has 2 aromatic carbocycles. The van der Waals surface area contributed by atoms with E-state index in [2.05, 4.69) is 21.6 Å². The van der Waals surface area contributed by atoms with Crippen LogP contribution in [0, 0.1) is 4.77 Å².